The van der Waals surface area contributed by atoms with Crippen LogP contribution in [0.1, 0.15) is 41.4 Å². The summed E-state index contributed by atoms with van der Waals surface area (Å²) in [5, 5.41) is 8.73. The lowest BCUT2D eigenvalue weighted by Gasteiger charge is -2.04. The lowest BCUT2D eigenvalue weighted by molar-refractivity contribution is 0.0602. The zero-order chi connectivity index (χ0) is 20.4. The highest BCUT2D eigenvalue weighted by Gasteiger charge is 2.15. The first-order chi connectivity index (χ1) is 14.0. The van der Waals surface area contributed by atoms with Crippen molar-refractivity contribution in [2.75, 3.05) is 7.11 Å². The molecule has 0 bridgehead atoms. The van der Waals surface area contributed by atoms with E-state index in [4.69, 9.17) is 9.15 Å². The van der Waals surface area contributed by atoms with Crippen LogP contribution in [0.15, 0.2) is 58.4 Å². The van der Waals surface area contributed by atoms with Gasteiger partial charge in [0.2, 0.25) is 5.89 Å². The second kappa shape index (κ2) is 8.08. The van der Waals surface area contributed by atoms with Gasteiger partial charge in [0.05, 0.1) is 12.8 Å². The predicted octanol–water partition coefficient (Wildman–Crippen LogP) is 4.59. The summed E-state index contributed by atoms with van der Waals surface area (Å²) in [4.78, 5) is 16.4. The minimum atomic E-state index is -0.412. The van der Waals surface area contributed by atoms with Crippen LogP contribution < -0.4 is 0 Å². The molecular weight excluding hydrogens is 388 g/mol. The standard InChI is InChI=1S/C21H20N4O3S/c1-13(2)14-6-8-15(9-7-14)19-23-24-21(28-19)29-12-16-11-25-10-4-5-17(18(25)22-16)20(26)27-3/h4-11,13H,12H2,1-3H3. The number of fused-ring (bicyclic) bond motifs is 1. The van der Waals surface area contributed by atoms with Gasteiger partial charge in [0.15, 0.2) is 5.65 Å². The van der Waals surface area contributed by atoms with Crippen molar-refractivity contribution in [3.63, 3.8) is 0 Å². The molecular formula is C21H20N4O3S. The fourth-order valence-electron chi connectivity index (χ4n) is 2.93. The van der Waals surface area contributed by atoms with Crippen LogP contribution in [0, 0.1) is 0 Å². The number of hydrogen-bond donors (Lipinski definition) is 0. The van der Waals surface area contributed by atoms with Gasteiger partial charge in [-0.2, -0.15) is 0 Å². The number of hydrogen-bond acceptors (Lipinski definition) is 7. The van der Waals surface area contributed by atoms with E-state index in [1.807, 2.05) is 24.5 Å². The number of ether oxygens (including phenoxy) is 1. The van der Waals surface area contributed by atoms with E-state index >= 15 is 0 Å². The molecule has 0 atom stereocenters. The Morgan fingerprint density at radius 3 is 2.72 bits per heavy atom. The Kier molecular flexibility index (Phi) is 5.35. The molecule has 0 fully saturated rings. The second-order valence-electron chi connectivity index (χ2n) is 6.82. The largest absolute Gasteiger partial charge is 0.465 e. The Balaban J connectivity index is 1.48. The molecule has 7 nitrogen and oxygen atoms in total. The van der Waals surface area contributed by atoms with Gasteiger partial charge in [-0.1, -0.05) is 37.7 Å². The number of methoxy groups -OCH3 is 1. The zero-order valence-electron chi connectivity index (χ0n) is 16.3. The van der Waals surface area contributed by atoms with Crippen LogP contribution in [-0.2, 0) is 10.5 Å². The molecule has 0 spiro atoms. The number of nitrogens with zero attached hydrogens (tertiary/aromatic N) is 4. The molecule has 0 saturated carbocycles. The van der Waals surface area contributed by atoms with Crippen LogP contribution in [0.3, 0.4) is 0 Å². The van der Waals surface area contributed by atoms with Crippen molar-refractivity contribution in [2.45, 2.75) is 30.7 Å². The highest BCUT2D eigenvalue weighted by Crippen LogP contribution is 2.27. The Hall–Kier alpha value is -3.13. The summed E-state index contributed by atoms with van der Waals surface area (Å²) in [6, 6.07) is 11.6. The maximum absolute atomic E-state index is 11.9. The van der Waals surface area contributed by atoms with E-state index < -0.39 is 5.97 Å². The molecule has 0 aliphatic carbocycles. The van der Waals surface area contributed by atoms with E-state index in [2.05, 4.69) is 41.2 Å². The molecule has 1 aromatic carbocycles. The second-order valence-corrected chi connectivity index (χ2v) is 7.74. The molecule has 0 saturated heterocycles. The number of pyridine rings is 1. The SMILES string of the molecule is COC(=O)c1cccn2cc(CSc3nnc(-c4ccc(C(C)C)cc4)o3)nc12. The minimum absolute atomic E-state index is 0.412. The lowest BCUT2D eigenvalue weighted by atomic mass is 10.0. The van der Waals surface area contributed by atoms with Crippen molar-refractivity contribution in [1.82, 2.24) is 19.6 Å². The third-order valence-electron chi connectivity index (χ3n) is 4.51. The Morgan fingerprint density at radius 2 is 2.00 bits per heavy atom. The van der Waals surface area contributed by atoms with E-state index in [9.17, 15) is 4.79 Å². The summed E-state index contributed by atoms with van der Waals surface area (Å²) in [7, 11) is 1.36. The van der Waals surface area contributed by atoms with E-state index in [0.29, 0.717) is 34.0 Å². The van der Waals surface area contributed by atoms with E-state index in [0.717, 1.165) is 11.3 Å². The molecule has 8 heteroatoms. The monoisotopic (exact) mass is 408 g/mol. The first kappa shape index (κ1) is 19.2. The molecule has 0 amide bonds. The normalized spacial score (nSPS) is 11.3. The fourth-order valence-corrected chi connectivity index (χ4v) is 3.58. The molecule has 3 aromatic heterocycles. The first-order valence-electron chi connectivity index (χ1n) is 9.16. The first-order valence-corrected chi connectivity index (χ1v) is 10.1. The summed E-state index contributed by atoms with van der Waals surface area (Å²) < 4.78 is 12.4. The fraction of sp³-hybridized carbons (Fsp3) is 0.238. The highest BCUT2D eigenvalue weighted by molar-refractivity contribution is 7.98. The average Bonchev–Trinajstić information content (AvgIpc) is 3.38. The van der Waals surface area contributed by atoms with Gasteiger partial charge in [0.25, 0.3) is 5.22 Å². The highest BCUT2D eigenvalue weighted by atomic mass is 32.2. The van der Waals surface area contributed by atoms with Gasteiger partial charge in [0.1, 0.15) is 5.56 Å². The van der Waals surface area contributed by atoms with Gasteiger partial charge in [-0.25, -0.2) is 9.78 Å². The van der Waals surface area contributed by atoms with Crippen LogP contribution >= 0.6 is 11.8 Å². The topological polar surface area (TPSA) is 82.5 Å². The molecule has 0 unspecified atom stereocenters. The minimum Gasteiger partial charge on any atom is -0.465 e. The summed E-state index contributed by atoms with van der Waals surface area (Å²) in [6.45, 7) is 4.31. The third-order valence-corrected chi connectivity index (χ3v) is 5.36. The van der Waals surface area contributed by atoms with Crippen molar-refractivity contribution in [3.05, 3.63) is 65.6 Å². The van der Waals surface area contributed by atoms with Crippen molar-refractivity contribution < 1.29 is 13.9 Å². The van der Waals surface area contributed by atoms with Crippen LogP contribution in [0.2, 0.25) is 0 Å². The number of imidazole rings is 1. The molecule has 0 N–H and O–H groups in total. The van der Waals surface area contributed by atoms with Crippen LogP contribution in [0.25, 0.3) is 17.1 Å². The van der Waals surface area contributed by atoms with Crippen molar-refractivity contribution in [3.8, 4) is 11.5 Å². The van der Waals surface area contributed by atoms with Gasteiger partial charge in [-0.05, 0) is 35.7 Å². The smallest absolute Gasteiger partial charge is 0.341 e. The van der Waals surface area contributed by atoms with Crippen LogP contribution in [-0.4, -0.2) is 32.7 Å². The maximum Gasteiger partial charge on any atom is 0.341 e. The van der Waals surface area contributed by atoms with Crippen LogP contribution in [0.4, 0.5) is 0 Å². The van der Waals surface area contributed by atoms with Gasteiger partial charge in [0, 0.05) is 23.7 Å². The van der Waals surface area contributed by atoms with Crippen molar-refractivity contribution in [1.29, 1.82) is 0 Å². The van der Waals surface area contributed by atoms with E-state index in [1.54, 1.807) is 16.5 Å². The quantitative estimate of drug-likeness (QED) is 0.341. The predicted molar refractivity (Wildman–Crippen MR) is 110 cm³/mol. The molecule has 29 heavy (non-hydrogen) atoms. The number of benzene rings is 1. The number of aromatic nitrogens is 4. The zero-order valence-corrected chi connectivity index (χ0v) is 17.1. The van der Waals surface area contributed by atoms with Gasteiger partial charge < -0.3 is 13.6 Å². The molecule has 0 aliphatic rings. The maximum atomic E-state index is 11.9. The summed E-state index contributed by atoms with van der Waals surface area (Å²) in [6.07, 6.45) is 3.71. The van der Waals surface area contributed by atoms with Crippen molar-refractivity contribution >= 4 is 23.4 Å². The van der Waals surface area contributed by atoms with E-state index in [1.165, 1.54) is 24.4 Å². The van der Waals surface area contributed by atoms with Gasteiger partial charge in [-0.3, -0.25) is 0 Å². The number of carbonyl (C=O) groups is 1. The Morgan fingerprint density at radius 1 is 1.21 bits per heavy atom. The summed E-state index contributed by atoms with van der Waals surface area (Å²) in [5.41, 5.74) is 3.94. The summed E-state index contributed by atoms with van der Waals surface area (Å²) in [5.74, 6) is 1.09. The van der Waals surface area contributed by atoms with Gasteiger partial charge >= 0.3 is 5.97 Å². The third kappa shape index (κ3) is 4.02. The number of carbonyl (C=O) groups excluding carboxylic acids is 1. The number of thioether (sulfide) groups is 1. The molecule has 3 heterocycles. The molecule has 4 rings (SSSR count). The van der Waals surface area contributed by atoms with Crippen molar-refractivity contribution in [2.24, 2.45) is 0 Å². The molecule has 148 valence electrons. The number of esters is 1. The number of rotatable bonds is 6. The molecule has 0 aliphatic heterocycles. The van der Waals surface area contributed by atoms with E-state index in [-0.39, 0.29) is 0 Å². The average molecular weight is 408 g/mol. The lowest BCUT2D eigenvalue weighted by Crippen LogP contribution is -2.03. The van der Waals surface area contributed by atoms with Gasteiger partial charge in [-0.15, -0.1) is 10.2 Å². The Labute approximate surface area is 172 Å². The summed E-state index contributed by atoms with van der Waals surface area (Å²) >= 11 is 1.40. The van der Waals surface area contributed by atoms with Crippen LogP contribution in [0.5, 0.6) is 0 Å². The molecule has 0 radical (unpaired) electrons. The Bertz CT molecular complexity index is 1150. The molecule has 4 aromatic rings.